The molecule has 146 valence electrons. The summed E-state index contributed by atoms with van der Waals surface area (Å²) in [5.74, 6) is -1.45. The Balaban J connectivity index is 1.52. The fraction of sp³-hybridized carbons (Fsp3) is 0.0588. The van der Waals surface area contributed by atoms with Crippen LogP contribution in [0, 0.1) is 15.9 Å². The minimum atomic E-state index is -0.820. The molecule has 0 aliphatic heterocycles. The Labute approximate surface area is 164 Å². The second-order valence-corrected chi connectivity index (χ2v) is 6.59. The predicted molar refractivity (Wildman–Crippen MR) is 101 cm³/mol. The van der Waals surface area contributed by atoms with Gasteiger partial charge in [0.15, 0.2) is 11.4 Å². The van der Waals surface area contributed by atoms with Crippen molar-refractivity contribution in [1.82, 2.24) is 13.9 Å². The molecule has 4 rings (SSSR count). The van der Waals surface area contributed by atoms with Crippen LogP contribution in [0.5, 0.6) is 0 Å². The summed E-state index contributed by atoms with van der Waals surface area (Å²) in [5.41, 5.74) is 0.610. The molecule has 1 N–H and O–H groups in total. The van der Waals surface area contributed by atoms with Gasteiger partial charge in [-0.15, -0.1) is 0 Å². The van der Waals surface area contributed by atoms with Gasteiger partial charge in [-0.2, -0.15) is 9.36 Å². The summed E-state index contributed by atoms with van der Waals surface area (Å²) in [5, 5.41) is 13.5. The van der Waals surface area contributed by atoms with E-state index in [1.54, 1.807) is 0 Å². The molecule has 0 atom stereocenters. The predicted octanol–water partition coefficient (Wildman–Crippen LogP) is 2.80. The third-order valence-electron chi connectivity index (χ3n) is 3.94. The number of carbonyl (C=O) groups is 1. The van der Waals surface area contributed by atoms with Crippen molar-refractivity contribution < 1.29 is 18.5 Å². The van der Waals surface area contributed by atoms with Crippen LogP contribution in [0.25, 0.3) is 22.5 Å². The molecule has 2 heterocycles. The smallest absolute Gasteiger partial charge is 0.407 e. The molecular formula is C17H10FN5O5S. The Morgan fingerprint density at radius 2 is 2.03 bits per heavy atom. The topological polar surface area (TPSA) is 133 Å². The molecule has 0 fully saturated rings. The number of rotatable bonds is 5. The number of nitro benzene ring substituents is 1. The number of oxazole rings is 1. The van der Waals surface area contributed by atoms with Crippen LogP contribution in [0.4, 0.5) is 15.2 Å². The largest absolute Gasteiger partial charge is 0.420 e. The molecule has 0 spiro atoms. The zero-order valence-corrected chi connectivity index (χ0v) is 15.2. The maximum atomic E-state index is 13.0. The zero-order chi connectivity index (χ0) is 20.5. The molecule has 2 aromatic heterocycles. The number of nitrogens with zero attached hydrogens (tertiary/aromatic N) is 4. The Morgan fingerprint density at radius 3 is 2.76 bits per heavy atom. The van der Waals surface area contributed by atoms with Crippen LogP contribution in [0.15, 0.2) is 51.7 Å². The van der Waals surface area contributed by atoms with Gasteiger partial charge in [0.1, 0.15) is 12.4 Å². The molecule has 4 aromatic rings. The number of hydrogen-bond donors (Lipinski definition) is 1. The van der Waals surface area contributed by atoms with E-state index in [1.165, 1.54) is 36.4 Å². The van der Waals surface area contributed by atoms with Crippen molar-refractivity contribution in [1.29, 1.82) is 0 Å². The lowest BCUT2D eigenvalue weighted by molar-refractivity contribution is -0.384. The van der Waals surface area contributed by atoms with Crippen molar-refractivity contribution in [3.05, 3.63) is 68.9 Å². The van der Waals surface area contributed by atoms with Gasteiger partial charge >= 0.3 is 5.76 Å². The quantitative estimate of drug-likeness (QED) is 0.391. The van der Waals surface area contributed by atoms with Crippen molar-refractivity contribution in [2.75, 3.05) is 5.32 Å². The third-order valence-corrected chi connectivity index (χ3v) is 4.57. The van der Waals surface area contributed by atoms with E-state index in [0.29, 0.717) is 11.4 Å². The third kappa shape index (κ3) is 3.73. The molecule has 0 unspecified atom stereocenters. The molecule has 10 nitrogen and oxygen atoms in total. The highest BCUT2D eigenvalue weighted by atomic mass is 32.1. The van der Waals surface area contributed by atoms with Gasteiger partial charge in [-0.3, -0.25) is 24.8 Å². The Kier molecular flexibility index (Phi) is 4.60. The zero-order valence-electron chi connectivity index (χ0n) is 14.4. The van der Waals surface area contributed by atoms with E-state index in [1.807, 2.05) is 0 Å². The van der Waals surface area contributed by atoms with E-state index in [9.17, 15) is 24.1 Å². The second kappa shape index (κ2) is 7.24. The molecule has 2 aromatic carbocycles. The fourth-order valence-electron chi connectivity index (χ4n) is 2.61. The summed E-state index contributed by atoms with van der Waals surface area (Å²) >= 11 is 0.930. The number of fused-ring (bicyclic) bond motifs is 1. The number of amides is 1. The highest BCUT2D eigenvalue weighted by Crippen LogP contribution is 2.22. The van der Waals surface area contributed by atoms with Crippen LogP contribution < -0.4 is 11.1 Å². The Bertz CT molecular complexity index is 1290. The van der Waals surface area contributed by atoms with E-state index < -0.39 is 16.6 Å². The van der Waals surface area contributed by atoms with Crippen LogP contribution >= 0.6 is 11.5 Å². The lowest BCUT2D eigenvalue weighted by Crippen LogP contribution is -2.24. The van der Waals surface area contributed by atoms with Gasteiger partial charge in [0, 0.05) is 23.2 Å². The second-order valence-electron chi connectivity index (χ2n) is 5.84. The van der Waals surface area contributed by atoms with Crippen molar-refractivity contribution in [3.8, 4) is 11.4 Å². The lowest BCUT2D eigenvalue weighted by Gasteiger charge is -2.02. The number of carbonyl (C=O) groups excluding carboxylic acids is 1. The molecule has 0 radical (unpaired) electrons. The van der Waals surface area contributed by atoms with Crippen molar-refractivity contribution in [3.63, 3.8) is 0 Å². The number of hydrogen-bond acceptors (Lipinski definition) is 8. The number of aromatic nitrogens is 3. The van der Waals surface area contributed by atoms with Gasteiger partial charge in [-0.1, -0.05) is 0 Å². The van der Waals surface area contributed by atoms with Gasteiger partial charge in [0.05, 0.1) is 16.5 Å². The minimum Gasteiger partial charge on any atom is -0.407 e. The molecule has 12 heteroatoms. The molecule has 0 aliphatic carbocycles. The number of non-ortho nitro benzene ring substituents is 1. The summed E-state index contributed by atoms with van der Waals surface area (Å²) in [6.45, 7) is -0.380. The summed E-state index contributed by atoms with van der Waals surface area (Å²) in [6, 6.07) is 9.24. The highest BCUT2D eigenvalue weighted by molar-refractivity contribution is 7.10. The maximum absolute atomic E-state index is 13.0. The SMILES string of the molecule is O=C(Cn1c(=O)oc2cc([N+](=O)[O-])ccc21)Nc1nc(-c2ccc(F)cc2)ns1. The molecule has 29 heavy (non-hydrogen) atoms. The summed E-state index contributed by atoms with van der Waals surface area (Å²) < 4.78 is 23.1. The fourth-order valence-corrected chi connectivity index (χ4v) is 3.22. The molecule has 1 amide bonds. The first-order valence-electron chi connectivity index (χ1n) is 8.08. The van der Waals surface area contributed by atoms with Crippen LogP contribution in [0.2, 0.25) is 0 Å². The first kappa shape index (κ1) is 18.4. The molecule has 0 aliphatic rings. The van der Waals surface area contributed by atoms with E-state index in [2.05, 4.69) is 14.7 Å². The number of nitrogens with one attached hydrogen (secondary N) is 1. The van der Waals surface area contributed by atoms with Crippen LogP contribution in [0.3, 0.4) is 0 Å². The normalized spacial score (nSPS) is 10.9. The van der Waals surface area contributed by atoms with Gasteiger partial charge in [0.25, 0.3) is 5.69 Å². The molecule has 0 saturated carbocycles. The van der Waals surface area contributed by atoms with Crippen molar-refractivity contribution in [2.24, 2.45) is 0 Å². The summed E-state index contributed by atoms with van der Waals surface area (Å²) in [7, 11) is 0. The van der Waals surface area contributed by atoms with E-state index in [0.717, 1.165) is 22.2 Å². The average Bonchev–Trinajstić information content (AvgIpc) is 3.26. The van der Waals surface area contributed by atoms with Crippen LogP contribution in [0.1, 0.15) is 0 Å². The number of nitro groups is 1. The monoisotopic (exact) mass is 415 g/mol. The van der Waals surface area contributed by atoms with Gasteiger partial charge in [-0.05, 0) is 30.3 Å². The number of benzene rings is 2. The molecule has 0 saturated heterocycles. The Hall–Kier alpha value is -3.93. The van der Waals surface area contributed by atoms with Crippen LogP contribution in [-0.2, 0) is 11.3 Å². The standard InChI is InChI=1S/C17H10FN5O5S/c18-10-3-1-9(2-4-10)15-20-16(29-21-15)19-14(24)8-22-12-6-5-11(23(26)27)7-13(12)28-17(22)25/h1-7H,8H2,(H,19,20,21,24). The van der Waals surface area contributed by atoms with E-state index >= 15 is 0 Å². The lowest BCUT2D eigenvalue weighted by atomic mass is 10.2. The van der Waals surface area contributed by atoms with Crippen molar-refractivity contribution >= 4 is 39.4 Å². The first-order valence-corrected chi connectivity index (χ1v) is 8.85. The minimum absolute atomic E-state index is 0.00603. The molecular weight excluding hydrogens is 405 g/mol. The average molecular weight is 415 g/mol. The summed E-state index contributed by atoms with van der Waals surface area (Å²) in [6.07, 6.45) is 0. The summed E-state index contributed by atoms with van der Waals surface area (Å²) in [4.78, 5) is 38.7. The van der Waals surface area contributed by atoms with Gasteiger partial charge in [-0.25, -0.2) is 9.18 Å². The van der Waals surface area contributed by atoms with E-state index in [4.69, 9.17) is 4.42 Å². The molecule has 0 bridgehead atoms. The van der Waals surface area contributed by atoms with Crippen molar-refractivity contribution in [2.45, 2.75) is 6.54 Å². The number of anilines is 1. The number of halogens is 1. The van der Waals surface area contributed by atoms with Gasteiger partial charge < -0.3 is 4.42 Å². The van der Waals surface area contributed by atoms with E-state index in [-0.39, 0.29) is 34.3 Å². The highest BCUT2D eigenvalue weighted by Gasteiger charge is 2.17. The maximum Gasteiger partial charge on any atom is 0.420 e. The Morgan fingerprint density at radius 1 is 1.28 bits per heavy atom. The van der Waals surface area contributed by atoms with Gasteiger partial charge in [0.2, 0.25) is 11.0 Å². The first-order chi connectivity index (χ1) is 13.9. The van der Waals surface area contributed by atoms with Crippen LogP contribution in [-0.4, -0.2) is 24.8 Å².